The predicted molar refractivity (Wildman–Crippen MR) is 60.3 cm³/mol. The number of nitrogen functional groups attached to an aromatic ring is 1. The molecular weight excluding hydrogens is 188 g/mol. The van der Waals surface area contributed by atoms with E-state index in [1.807, 2.05) is 24.4 Å². The minimum absolute atomic E-state index is 0.602. The monoisotopic (exact) mass is 198 g/mol. The van der Waals surface area contributed by atoms with Crippen molar-refractivity contribution < 1.29 is 0 Å². The van der Waals surface area contributed by atoms with E-state index in [0.29, 0.717) is 5.82 Å². The summed E-state index contributed by atoms with van der Waals surface area (Å²) in [7, 11) is 0. The number of benzene rings is 1. The lowest BCUT2D eigenvalue weighted by Gasteiger charge is -1.99. The molecule has 0 fully saturated rings. The van der Waals surface area contributed by atoms with Crippen LogP contribution in [0, 0.1) is 0 Å². The Morgan fingerprint density at radius 1 is 1.20 bits per heavy atom. The van der Waals surface area contributed by atoms with Crippen LogP contribution in [-0.4, -0.2) is 15.2 Å². The van der Waals surface area contributed by atoms with Crippen molar-refractivity contribution in [2.75, 3.05) is 5.73 Å². The van der Waals surface area contributed by atoms with Gasteiger partial charge in [-0.1, -0.05) is 6.07 Å². The maximum absolute atomic E-state index is 5.77. The van der Waals surface area contributed by atoms with Crippen molar-refractivity contribution in [2.45, 2.75) is 0 Å². The van der Waals surface area contributed by atoms with Gasteiger partial charge in [-0.2, -0.15) is 5.10 Å². The molecule has 0 aliphatic rings. The van der Waals surface area contributed by atoms with E-state index in [0.717, 1.165) is 16.6 Å². The van der Waals surface area contributed by atoms with Crippen LogP contribution in [0.25, 0.3) is 22.0 Å². The van der Waals surface area contributed by atoms with Crippen molar-refractivity contribution in [3.63, 3.8) is 0 Å². The largest absolute Gasteiger partial charge is 0.384 e. The second kappa shape index (κ2) is 2.88. The molecule has 0 radical (unpaired) electrons. The van der Waals surface area contributed by atoms with E-state index < -0.39 is 0 Å². The Bertz CT molecular complexity index is 606. The number of H-pyrrole nitrogens is 2. The number of nitrogens with two attached hydrogens (primary N) is 1. The second-order valence-corrected chi connectivity index (χ2v) is 3.48. The Morgan fingerprint density at radius 3 is 2.93 bits per heavy atom. The van der Waals surface area contributed by atoms with Crippen molar-refractivity contribution in [2.24, 2.45) is 0 Å². The van der Waals surface area contributed by atoms with E-state index in [9.17, 15) is 0 Å². The van der Waals surface area contributed by atoms with Crippen LogP contribution >= 0.6 is 0 Å². The highest BCUT2D eigenvalue weighted by Crippen LogP contribution is 2.26. The molecule has 0 atom stereocenters. The van der Waals surface area contributed by atoms with Gasteiger partial charge in [-0.05, 0) is 29.1 Å². The lowest BCUT2D eigenvalue weighted by atomic mass is 10.1. The highest BCUT2D eigenvalue weighted by atomic mass is 15.1. The first-order valence-corrected chi connectivity index (χ1v) is 4.71. The van der Waals surface area contributed by atoms with Gasteiger partial charge in [0.15, 0.2) is 0 Å². The summed E-state index contributed by atoms with van der Waals surface area (Å²) in [6.07, 6.45) is 3.66. The summed E-state index contributed by atoms with van der Waals surface area (Å²) >= 11 is 0. The van der Waals surface area contributed by atoms with Crippen LogP contribution in [0.2, 0.25) is 0 Å². The third kappa shape index (κ3) is 1.19. The lowest BCUT2D eigenvalue weighted by molar-refractivity contribution is 1.10. The summed E-state index contributed by atoms with van der Waals surface area (Å²) in [6.45, 7) is 0. The molecule has 0 amide bonds. The SMILES string of the molecule is Nc1[nH]ncc1-c1ccc2[nH]ccc2c1. The summed E-state index contributed by atoms with van der Waals surface area (Å²) in [5.41, 5.74) is 8.91. The van der Waals surface area contributed by atoms with Crippen molar-refractivity contribution in [1.82, 2.24) is 15.2 Å². The van der Waals surface area contributed by atoms with Gasteiger partial charge in [-0.3, -0.25) is 5.10 Å². The van der Waals surface area contributed by atoms with Crippen molar-refractivity contribution in [3.05, 3.63) is 36.7 Å². The summed E-state index contributed by atoms with van der Waals surface area (Å²) in [5.74, 6) is 0.602. The molecule has 2 aromatic heterocycles. The summed E-state index contributed by atoms with van der Waals surface area (Å²) in [4.78, 5) is 3.15. The van der Waals surface area contributed by atoms with E-state index in [2.05, 4.69) is 21.2 Å². The molecule has 0 unspecified atom stereocenters. The standard InChI is InChI=1S/C11H10N4/c12-11-9(6-14-15-11)7-1-2-10-8(5-7)3-4-13-10/h1-6,13H,(H3,12,14,15). The van der Waals surface area contributed by atoms with Crippen molar-refractivity contribution in [1.29, 1.82) is 0 Å². The first kappa shape index (κ1) is 8.11. The molecule has 0 saturated heterocycles. The summed E-state index contributed by atoms with van der Waals surface area (Å²) in [5, 5.41) is 7.81. The first-order chi connectivity index (χ1) is 7.34. The number of rotatable bonds is 1. The van der Waals surface area contributed by atoms with Gasteiger partial charge in [-0.15, -0.1) is 0 Å². The van der Waals surface area contributed by atoms with Crippen molar-refractivity contribution >= 4 is 16.7 Å². The quantitative estimate of drug-likeness (QED) is 0.560. The number of nitrogens with one attached hydrogen (secondary N) is 2. The molecule has 4 N–H and O–H groups in total. The van der Waals surface area contributed by atoms with E-state index in [1.165, 1.54) is 5.39 Å². The van der Waals surface area contributed by atoms with E-state index in [-0.39, 0.29) is 0 Å². The lowest BCUT2D eigenvalue weighted by Crippen LogP contribution is -1.87. The molecule has 0 bridgehead atoms. The van der Waals surface area contributed by atoms with Gasteiger partial charge >= 0.3 is 0 Å². The molecule has 4 nitrogen and oxygen atoms in total. The molecule has 3 aromatic rings. The molecule has 0 aliphatic heterocycles. The number of anilines is 1. The Hall–Kier alpha value is -2.23. The van der Waals surface area contributed by atoms with Crippen LogP contribution in [0.5, 0.6) is 0 Å². The predicted octanol–water partition coefficient (Wildman–Crippen LogP) is 2.14. The Kier molecular flexibility index (Phi) is 1.56. The number of fused-ring (bicyclic) bond motifs is 1. The van der Waals surface area contributed by atoms with Crippen LogP contribution in [0.4, 0.5) is 5.82 Å². The average Bonchev–Trinajstić information content (AvgIpc) is 2.84. The van der Waals surface area contributed by atoms with Gasteiger partial charge in [0.1, 0.15) is 5.82 Å². The van der Waals surface area contributed by atoms with Crippen LogP contribution in [-0.2, 0) is 0 Å². The van der Waals surface area contributed by atoms with Gasteiger partial charge < -0.3 is 10.7 Å². The number of hydrogen-bond donors (Lipinski definition) is 3. The number of aromatic nitrogens is 3. The number of aromatic amines is 2. The van der Waals surface area contributed by atoms with Crippen LogP contribution < -0.4 is 5.73 Å². The zero-order valence-corrected chi connectivity index (χ0v) is 7.99. The van der Waals surface area contributed by atoms with Gasteiger partial charge in [0, 0.05) is 17.3 Å². The molecular formula is C11H10N4. The van der Waals surface area contributed by atoms with Crippen molar-refractivity contribution in [3.8, 4) is 11.1 Å². The number of nitrogens with zero attached hydrogens (tertiary/aromatic N) is 1. The molecule has 4 heteroatoms. The van der Waals surface area contributed by atoms with Crippen LogP contribution in [0.1, 0.15) is 0 Å². The zero-order valence-electron chi connectivity index (χ0n) is 7.99. The van der Waals surface area contributed by atoms with E-state index >= 15 is 0 Å². The van der Waals surface area contributed by atoms with Gasteiger partial charge in [0.2, 0.25) is 0 Å². The fourth-order valence-corrected chi connectivity index (χ4v) is 1.75. The van der Waals surface area contributed by atoms with Gasteiger partial charge in [0.25, 0.3) is 0 Å². The third-order valence-corrected chi connectivity index (χ3v) is 2.53. The maximum Gasteiger partial charge on any atom is 0.126 e. The van der Waals surface area contributed by atoms with Crippen LogP contribution in [0.3, 0.4) is 0 Å². The normalized spacial score (nSPS) is 10.9. The zero-order chi connectivity index (χ0) is 10.3. The summed E-state index contributed by atoms with van der Waals surface area (Å²) < 4.78 is 0. The average molecular weight is 198 g/mol. The topological polar surface area (TPSA) is 70.5 Å². The fourth-order valence-electron chi connectivity index (χ4n) is 1.75. The molecule has 74 valence electrons. The molecule has 0 aliphatic carbocycles. The van der Waals surface area contributed by atoms with E-state index in [4.69, 9.17) is 5.73 Å². The molecule has 0 saturated carbocycles. The van der Waals surface area contributed by atoms with E-state index in [1.54, 1.807) is 6.20 Å². The second-order valence-electron chi connectivity index (χ2n) is 3.48. The molecule has 15 heavy (non-hydrogen) atoms. The van der Waals surface area contributed by atoms with Gasteiger partial charge in [-0.25, -0.2) is 0 Å². The molecule has 2 heterocycles. The maximum atomic E-state index is 5.77. The highest BCUT2D eigenvalue weighted by molar-refractivity contribution is 5.86. The molecule has 3 rings (SSSR count). The fraction of sp³-hybridized carbons (Fsp3) is 0. The Balaban J connectivity index is 2.23. The summed E-state index contributed by atoms with van der Waals surface area (Å²) in [6, 6.07) is 8.19. The number of hydrogen-bond acceptors (Lipinski definition) is 2. The minimum Gasteiger partial charge on any atom is -0.384 e. The van der Waals surface area contributed by atoms with Crippen LogP contribution in [0.15, 0.2) is 36.7 Å². The third-order valence-electron chi connectivity index (χ3n) is 2.53. The Labute approximate surface area is 86.1 Å². The minimum atomic E-state index is 0.602. The highest BCUT2D eigenvalue weighted by Gasteiger charge is 2.05. The Morgan fingerprint density at radius 2 is 2.13 bits per heavy atom. The molecule has 0 spiro atoms. The van der Waals surface area contributed by atoms with Gasteiger partial charge in [0.05, 0.1) is 6.20 Å². The first-order valence-electron chi connectivity index (χ1n) is 4.71. The molecule has 1 aromatic carbocycles. The smallest absolute Gasteiger partial charge is 0.126 e.